The summed E-state index contributed by atoms with van der Waals surface area (Å²) in [5, 5.41) is 3.12. The highest BCUT2D eigenvalue weighted by Crippen LogP contribution is 2.09. The predicted molar refractivity (Wildman–Crippen MR) is 59.6 cm³/mol. The van der Waals surface area contributed by atoms with E-state index >= 15 is 0 Å². The van der Waals surface area contributed by atoms with E-state index in [1.54, 1.807) is 6.07 Å². The van der Waals surface area contributed by atoms with Gasteiger partial charge in [-0.2, -0.15) is 0 Å². The van der Waals surface area contributed by atoms with Crippen LogP contribution in [-0.4, -0.2) is 29.7 Å². The van der Waals surface area contributed by atoms with Gasteiger partial charge in [0.2, 0.25) is 0 Å². The number of hydrazine groups is 1. The summed E-state index contributed by atoms with van der Waals surface area (Å²) in [7, 11) is 0. The van der Waals surface area contributed by atoms with Gasteiger partial charge in [-0.3, -0.25) is 0 Å². The molecular weight excluding hydrogens is 194 g/mol. The van der Waals surface area contributed by atoms with Crippen LogP contribution in [-0.2, 0) is 4.74 Å². The van der Waals surface area contributed by atoms with Gasteiger partial charge in [0.15, 0.2) is 0 Å². The number of nitrogens with one attached hydrogen (secondary N) is 2. The van der Waals surface area contributed by atoms with E-state index in [1.165, 1.54) is 0 Å². The van der Waals surface area contributed by atoms with E-state index in [4.69, 9.17) is 10.6 Å². The van der Waals surface area contributed by atoms with Crippen molar-refractivity contribution < 1.29 is 4.74 Å². The molecule has 1 rings (SSSR count). The van der Waals surface area contributed by atoms with Crippen LogP contribution in [0.3, 0.4) is 0 Å². The summed E-state index contributed by atoms with van der Waals surface area (Å²) in [4.78, 5) is 8.28. The lowest BCUT2D eigenvalue weighted by atomic mass is 10.5. The number of hydrogen-bond donors (Lipinski definition) is 3. The number of rotatable bonds is 6. The molecule has 1 aromatic rings. The second kappa shape index (κ2) is 6.15. The average Bonchev–Trinajstić information content (AvgIpc) is 2.23. The minimum absolute atomic E-state index is 0.599. The van der Waals surface area contributed by atoms with Crippen LogP contribution in [0, 0.1) is 6.92 Å². The van der Waals surface area contributed by atoms with Crippen LogP contribution >= 0.6 is 0 Å². The fourth-order valence-corrected chi connectivity index (χ4v) is 1.13. The van der Waals surface area contributed by atoms with Crippen LogP contribution in [0.2, 0.25) is 0 Å². The Balaban J connectivity index is 2.49. The van der Waals surface area contributed by atoms with Crippen molar-refractivity contribution in [2.24, 2.45) is 5.84 Å². The molecule has 0 bridgehead atoms. The molecule has 4 N–H and O–H groups in total. The lowest BCUT2D eigenvalue weighted by Gasteiger charge is -2.07. The Hall–Kier alpha value is -1.40. The average molecular weight is 211 g/mol. The van der Waals surface area contributed by atoms with Gasteiger partial charge in [-0.15, -0.1) is 0 Å². The van der Waals surface area contributed by atoms with Crippen LogP contribution in [0.4, 0.5) is 11.6 Å². The normalized spacial score (nSPS) is 10.1. The molecule has 0 saturated heterocycles. The lowest BCUT2D eigenvalue weighted by molar-refractivity contribution is 0.158. The molecule has 6 nitrogen and oxygen atoms in total. The van der Waals surface area contributed by atoms with Crippen LogP contribution in [0.15, 0.2) is 6.07 Å². The molecule has 0 aliphatic heterocycles. The first-order valence-corrected chi connectivity index (χ1v) is 4.90. The minimum atomic E-state index is 0.599. The van der Waals surface area contributed by atoms with Gasteiger partial charge in [-0.1, -0.05) is 0 Å². The Labute approximate surface area is 89.2 Å². The molecule has 1 heterocycles. The summed E-state index contributed by atoms with van der Waals surface area (Å²) in [5.41, 5.74) is 2.49. The third-order valence-electron chi connectivity index (χ3n) is 1.74. The van der Waals surface area contributed by atoms with Crippen molar-refractivity contribution in [1.29, 1.82) is 0 Å². The molecule has 0 aliphatic carbocycles. The summed E-state index contributed by atoms with van der Waals surface area (Å²) in [6.45, 7) is 5.87. The summed E-state index contributed by atoms with van der Waals surface area (Å²) in [6, 6.07) is 1.75. The monoisotopic (exact) mass is 211 g/mol. The number of ether oxygens (including phenoxy) is 1. The highest BCUT2D eigenvalue weighted by atomic mass is 16.5. The van der Waals surface area contributed by atoms with Crippen molar-refractivity contribution in [2.45, 2.75) is 13.8 Å². The second-order valence-corrected chi connectivity index (χ2v) is 2.95. The molecule has 0 fully saturated rings. The fraction of sp³-hybridized carbons (Fsp3) is 0.556. The smallest absolute Gasteiger partial charge is 0.145 e. The van der Waals surface area contributed by atoms with Gasteiger partial charge in [0.1, 0.15) is 17.5 Å². The predicted octanol–water partition coefficient (Wildman–Crippen LogP) is 0.519. The quantitative estimate of drug-likeness (QED) is 0.361. The molecule has 0 saturated carbocycles. The zero-order valence-electron chi connectivity index (χ0n) is 9.08. The molecule has 0 spiro atoms. The summed E-state index contributed by atoms with van der Waals surface area (Å²) in [6.07, 6.45) is 0. The molecule has 1 aromatic heterocycles. The van der Waals surface area contributed by atoms with E-state index in [0.717, 1.165) is 12.4 Å². The van der Waals surface area contributed by atoms with Gasteiger partial charge in [0, 0.05) is 19.2 Å². The first-order chi connectivity index (χ1) is 7.26. The van der Waals surface area contributed by atoms with Crippen LogP contribution in [0.1, 0.15) is 12.7 Å². The highest BCUT2D eigenvalue weighted by molar-refractivity contribution is 5.46. The number of aryl methyl sites for hydroxylation is 1. The maximum absolute atomic E-state index is 5.27. The molecule has 0 atom stereocenters. The number of hydrogen-bond acceptors (Lipinski definition) is 6. The van der Waals surface area contributed by atoms with Crippen LogP contribution in [0.25, 0.3) is 0 Å². The number of aromatic nitrogens is 2. The zero-order valence-corrected chi connectivity index (χ0v) is 9.08. The lowest BCUT2D eigenvalue weighted by Crippen LogP contribution is -2.13. The van der Waals surface area contributed by atoms with Crippen LogP contribution < -0.4 is 16.6 Å². The van der Waals surface area contributed by atoms with E-state index < -0.39 is 0 Å². The Morgan fingerprint density at radius 1 is 1.40 bits per heavy atom. The van der Waals surface area contributed by atoms with Crippen molar-refractivity contribution in [3.63, 3.8) is 0 Å². The second-order valence-electron chi connectivity index (χ2n) is 2.95. The van der Waals surface area contributed by atoms with Crippen molar-refractivity contribution in [2.75, 3.05) is 30.5 Å². The van der Waals surface area contributed by atoms with Gasteiger partial charge in [0.05, 0.1) is 6.61 Å². The molecule has 0 aromatic carbocycles. The maximum atomic E-state index is 5.27. The van der Waals surface area contributed by atoms with Gasteiger partial charge >= 0.3 is 0 Å². The molecule has 0 amide bonds. The summed E-state index contributed by atoms with van der Waals surface area (Å²) < 4.78 is 5.20. The van der Waals surface area contributed by atoms with Gasteiger partial charge < -0.3 is 15.5 Å². The van der Waals surface area contributed by atoms with E-state index in [2.05, 4.69) is 20.7 Å². The Bertz CT molecular complexity index is 305. The molecule has 6 heteroatoms. The summed E-state index contributed by atoms with van der Waals surface area (Å²) >= 11 is 0. The zero-order chi connectivity index (χ0) is 11.1. The van der Waals surface area contributed by atoms with Crippen molar-refractivity contribution in [1.82, 2.24) is 9.97 Å². The Morgan fingerprint density at radius 2 is 2.13 bits per heavy atom. The first-order valence-electron chi connectivity index (χ1n) is 4.90. The summed E-state index contributed by atoms with van der Waals surface area (Å²) in [5.74, 6) is 7.29. The standard InChI is InChI=1S/C9H17N5O/c1-3-15-5-4-11-8-6-9(14-10)13-7(2)12-8/h6H,3-5,10H2,1-2H3,(H2,11,12,13,14). The molecule has 84 valence electrons. The number of nitrogens with zero attached hydrogens (tertiary/aromatic N) is 2. The van der Waals surface area contributed by atoms with E-state index in [0.29, 0.717) is 24.8 Å². The van der Waals surface area contributed by atoms with Crippen molar-refractivity contribution >= 4 is 11.6 Å². The third-order valence-corrected chi connectivity index (χ3v) is 1.74. The van der Waals surface area contributed by atoms with Gasteiger partial charge in [-0.25, -0.2) is 15.8 Å². The minimum Gasteiger partial charge on any atom is -0.380 e. The molecule has 0 unspecified atom stereocenters. The van der Waals surface area contributed by atoms with E-state index in [-0.39, 0.29) is 0 Å². The largest absolute Gasteiger partial charge is 0.380 e. The Kier molecular flexibility index (Phi) is 4.79. The highest BCUT2D eigenvalue weighted by Gasteiger charge is 1.99. The topological polar surface area (TPSA) is 85.1 Å². The third kappa shape index (κ3) is 4.09. The molecular formula is C9H17N5O. The molecule has 15 heavy (non-hydrogen) atoms. The fourth-order valence-electron chi connectivity index (χ4n) is 1.13. The van der Waals surface area contributed by atoms with Crippen molar-refractivity contribution in [3.8, 4) is 0 Å². The van der Waals surface area contributed by atoms with E-state index in [1.807, 2.05) is 13.8 Å². The van der Waals surface area contributed by atoms with E-state index in [9.17, 15) is 0 Å². The number of anilines is 2. The van der Waals surface area contributed by atoms with Crippen LogP contribution in [0.5, 0.6) is 0 Å². The SMILES string of the molecule is CCOCCNc1cc(NN)nc(C)n1. The maximum Gasteiger partial charge on any atom is 0.145 e. The molecule has 0 aliphatic rings. The molecule has 0 radical (unpaired) electrons. The number of nitrogens with two attached hydrogens (primary N) is 1. The number of nitrogen functional groups attached to an aromatic ring is 1. The van der Waals surface area contributed by atoms with Crippen molar-refractivity contribution in [3.05, 3.63) is 11.9 Å². The van der Waals surface area contributed by atoms with Gasteiger partial charge in [0.25, 0.3) is 0 Å². The van der Waals surface area contributed by atoms with Gasteiger partial charge in [-0.05, 0) is 13.8 Å². The first kappa shape index (κ1) is 11.7. The Morgan fingerprint density at radius 3 is 2.80 bits per heavy atom.